The smallest absolute Gasteiger partial charge is 0.177 e. The van der Waals surface area contributed by atoms with E-state index in [-0.39, 0.29) is 6.23 Å². The van der Waals surface area contributed by atoms with E-state index in [0.29, 0.717) is 13.2 Å². The maximum atomic E-state index is 6.05. The zero-order valence-electron chi connectivity index (χ0n) is 14.0. The van der Waals surface area contributed by atoms with E-state index in [9.17, 15) is 0 Å². The summed E-state index contributed by atoms with van der Waals surface area (Å²) >= 11 is 6.05. The van der Waals surface area contributed by atoms with Crippen LogP contribution in [-0.2, 0) is 11.3 Å². The van der Waals surface area contributed by atoms with E-state index in [4.69, 9.17) is 16.3 Å². The second kappa shape index (κ2) is 6.86. The van der Waals surface area contributed by atoms with Gasteiger partial charge >= 0.3 is 0 Å². The Labute approximate surface area is 151 Å². The third-order valence-corrected chi connectivity index (χ3v) is 4.50. The van der Waals surface area contributed by atoms with Gasteiger partial charge in [-0.1, -0.05) is 41.1 Å². The van der Waals surface area contributed by atoms with Gasteiger partial charge in [0.15, 0.2) is 6.23 Å². The van der Waals surface area contributed by atoms with E-state index in [1.807, 2.05) is 35.1 Å². The van der Waals surface area contributed by atoms with Crippen LogP contribution in [0.5, 0.6) is 0 Å². The van der Waals surface area contributed by atoms with Gasteiger partial charge in [0.05, 0.1) is 19.3 Å². The van der Waals surface area contributed by atoms with Crippen LogP contribution in [0.4, 0.5) is 5.69 Å². The number of aryl methyl sites for hydroxylation is 1. The van der Waals surface area contributed by atoms with Crippen LogP contribution in [0.3, 0.4) is 0 Å². The normalized spacial score (nSPS) is 17.2. The topological polar surface area (TPSA) is 43.2 Å². The minimum atomic E-state index is -0.199. The standard InChI is InChI=1S/C19H19ClN4O/c1-14-4-2-7-17(10-14)24-8-9-25-19(24)18-13-23(22-21-18)12-15-5-3-6-16(20)11-15/h2-7,10-11,13,19H,8-9,12H2,1H3. The Hall–Kier alpha value is -2.37. The Morgan fingerprint density at radius 2 is 2.08 bits per heavy atom. The molecule has 2 aromatic carbocycles. The molecule has 25 heavy (non-hydrogen) atoms. The predicted molar refractivity (Wildman–Crippen MR) is 97.8 cm³/mol. The summed E-state index contributed by atoms with van der Waals surface area (Å²) in [6, 6.07) is 16.2. The van der Waals surface area contributed by atoms with Gasteiger partial charge in [-0.2, -0.15) is 0 Å². The Morgan fingerprint density at radius 1 is 1.20 bits per heavy atom. The van der Waals surface area contributed by atoms with Crippen molar-refractivity contribution in [3.63, 3.8) is 0 Å². The Bertz CT molecular complexity index is 879. The Balaban J connectivity index is 1.54. The van der Waals surface area contributed by atoms with Crippen LogP contribution in [0, 0.1) is 6.92 Å². The van der Waals surface area contributed by atoms with Gasteiger partial charge in [0.2, 0.25) is 0 Å². The fourth-order valence-corrected chi connectivity index (χ4v) is 3.33. The van der Waals surface area contributed by atoms with Gasteiger partial charge < -0.3 is 9.64 Å². The monoisotopic (exact) mass is 354 g/mol. The van der Waals surface area contributed by atoms with Crippen molar-refractivity contribution >= 4 is 17.3 Å². The highest BCUT2D eigenvalue weighted by Crippen LogP contribution is 2.31. The molecule has 0 spiro atoms. The molecule has 1 aliphatic heterocycles. The number of hydrogen-bond donors (Lipinski definition) is 0. The zero-order chi connectivity index (χ0) is 17.2. The summed E-state index contributed by atoms with van der Waals surface area (Å²) in [5, 5.41) is 9.30. The van der Waals surface area contributed by atoms with Crippen molar-refractivity contribution in [1.82, 2.24) is 15.0 Å². The number of benzene rings is 2. The van der Waals surface area contributed by atoms with Crippen molar-refractivity contribution in [1.29, 1.82) is 0 Å². The molecule has 1 aromatic heterocycles. The molecule has 0 saturated carbocycles. The van der Waals surface area contributed by atoms with Crippen LogP contribution in [0.1, 0.15) is 23.0 Å². The first-order valence-electron chi connectivity index (χ1n) is 8.28. The fraction of sp³-hybridized carbons (Fsp3) is 0.263. The molecule has 1 unspecified atom stereocenters. The number of hydrogen-bond acceptors (Lipinski definition) is 4. The average molecular weight is 355 g/mol. The maximum Gasteiger partial charge on any atom is 0.177 e. The first-order valence-corrected chi connectivity index (χ1v) is 8.66. The lowest BCUT2D eigenvalue weighted by atomic mass is 10.2. The maximum absolute atomic E-state index is 6.05. The lowest BCUT2D eigenvalue weighted by Gasteiger charge is -2.23. The average Bonchev–Trinajstić information content (AvgIpc) is 3.23. The summed E-state index contributed by atoms with van der Waals surface area (Å²) in [5.41, 5.74) is 4.28. The number of nitrogens with zero attached hydrogens (tertiary/aromatic N) is 4. The fourth-order valence-electron chi connectivity index (χ4n) is 3.11. The first-order chi connectivity index (χ1) is 12.2. The Kier molecular flexibility index (Phi) is 4.42. The highest BCUT2D eigenvalue weighted by atomic mass is 35.5. The van der Waals surface area contributed by atoms with Gasteiger partial charge in [0.25, 0.3) is 0 Å². The number of aromatic nitrogens is 3. The molecule has 0 aliphatic carbocycles. The first kappa shape index (κ1) is 16.1. The van der Waals surface area contributed by atoms with E-state index < -0.39 is 0 Å². The van der Waals surface area contributed by atoms with E-state index >= 15 is 0 Å². The third kappa shape index (κ3) is 3.52. The third-order valence-electron chi connectivity index (χ3n) is 4.27. The van der Waals surface area contributed by atoms with Crippen molar-refractivity contribution in [3.05, 3.63) is 76.6 Å². The molecule has 0 N–H and O–H groups in total. The SMILES string of the molecule is Cc1cccc(N2CCOC2c2cn(Cc3cccc(Cl)c3)nn2)c1. The minimum Gasteiger partial charge on any atom is -0.350 e. The quantitative estimate of drug-likeness (QED) is 0.714. The van der Waals surface area contributed by atoms with Gasteiger partial charge in [-0.05, 0) is 42.3 Å². The van der Waals surface area contributed by atoms with Crippen molar-refractivity contribution < 1.29 is 4.74 Å². The molecule has 0 radical (unpaired) electrons. The lowest BCUT2D eigenvalue weighted by Crippen LogP contribution is -2.23. The molecule has 1 saturated heterocycles. The summed E-state index contributed by atoms with van der Waals surface area (Å²) < 4.78 is 7.73. The molecule has 0 bridgehead atoms. The summed E-state index contributed by atoms with van der Waals surface area (Å²) in [5.74, 6) is 0. The summed E-state index contributed by atoms with van der Waals surface area (Å²) in [4.78, 5) is 2.22. The highest BCUT2D eigenvalue weighted by molar-refractivity contribution is 6.30. The molecular weight excluding hydrogens is 336 g/mol. The predicted octanol–water partition coefficient (Wildman–Crippen LogP) is 3.82. The van der Waals surface area contributed by atoms with Crippen LogP contribution >= 0.6 is 11.6 Å². The summed E-state index contributed by atoms with van der Waals surface area (Å²) in [6.45, 7) is 4.25. The molecule has 1 atom stereocenters. The molecule has 5 nitrogen and oxygen atoms in total. The number of anilines is 1. The molecule has 3 aromatic rings. The number of rotatable bonds is 4. The summed E-state index contributed by atoms with van der Waals surface area (Å²) in [7, 11) is 0. The van der Waals surface area contributed by atoms with Crippen LogP contribution in [0.15, 0.2) is 54.7 Å². The van der Waals surface area contributed by atoms with Gasteiger partial charge in [0.1, 0.15) is 5.69 Å². The van der Waals surface area contributed by atoms with E-state index in [2.05, 4.69) is 46.4 Å². The van der Waals surface area contributed by atoms with E-state index in [1.54, 1.807) is 0 Å². The van der Waals surface area contributed by atoms with Crippen LogP contribution < -0.4 is 4.90 Å². The molecule has 6 heteroatoms. The Morgan fingerprint density at radius 3 is 2.92 bits per heavy atom. The molecular formula is C19H19ClN4O. The molecule has 4 rings (SSSR count). The second-order valence-corrected chi connectivity index (χ2v) is 6.66. The van der Waals surface area contributed by atoms with Crippen molar-refractivity contribution in [2.45, 2.75) is 19.7 Å². The van der Waals surface area contributed by atoms with Crippen molar-refractivity contribution in [2.24, 2.45) is 0 Å². The van der Waals surface area contributed by atoms with E-state index in [1.165, 1.54) is 5.56 Å². The molecule has 0 amide bonds. The van der Waals surface area contributed by atoms with Gasteiger partial charge in [-0.25, -0.2) is 4.68 Å². The van der Waals surface area contributed by atoms with Gasteiger partial charge in [-0.15, -0.1) is 5.10 Å². The van der Waals surface area contributed by atoms with Crippen molar-refractivity contribution in [2.75, 3.05) is 18.1 Å². The van der Waals surface area contributed by atoms with Gasteiger partial charge in [-0.3, -0.25) is 0 Å². The number of halogens is 1. The summed E-state index contributed by atoms with van der Waals surface area (Å²) in [6.07, 6.45) is 1.74. The van der Waals surface area contributed by atoms with Crippen LogP contribution in [-0.4, -0.2) is 28.1 Å². The van der Waals surface area contributed by atoms with Crippen LogP contribution in [0.2, 0.25) is 5.02 Å². The minimum absolute atomic E-state index is 0.199. The zero-order valence-corrected chi connectivity index (χ0v) is 14.7. The van der Waals surface area contributed by atoms with E-state index in [0.717, 1.165) is 28.5 Å². The van der Waals surface area contributed by atoms with Crippen LogP contribution in [0.25, 0.3) is 0 Å². The molecule has 1 fully saturated rings. The largest absolute Gasteiger partial charge is 0.350 e. The lowest BCUT2D eigenvalue weighted by molar-refractivity contribution is 0.110. The highest BCUT2D eigenvalue weighted by Gasteiger charge is 2.29. The molecule has 128 valence electrons. The molecule has 1 aliphatic rings. The number of ether oxygens (including phenoxy) is 1. The molecule has 2 heterocycles. The van der Waals surface area contributed by atoms with Gasteiger partial charge in [0, 0.05) is 17.3 Å². The second-order valence-electron chi connectivity index (χ2n) is 6.23. The van der Waals surface area contributed by atoms with Crippen molar-refractivity contribution in [3.8, 4) is 0 Å².